The minimum absolute atomic E-state index is 0.290. The first kappa shape index (κ1) is 10.1. The number of hydrogen-bond donors (Lipinski definition) is 1. The number of rotatable bonds is 5. The first-order chi connectivity index (χ1) is 6.27. The van der Waals surface area contributed by atoms with Crippen molar-refractivity contribution in [2.24, 2.45) is 0 Å². The SMILES string of the molecule is CCn1ccnc1NC(C)COC. The van der Waals surface area contributed by atoms with Crippen LogP contribution in [-0.2, 0) is 11.3 Å². The lowest BCUT2D eigenvalue weighted by Crippen LogP contribution is -2.22. The van der Waals surface area contributed by atoms with Crippen LogP contribution in [0, 0.1) is 0 Å². The first-order valence-electron chi connectivity index (χ1n) is 4.54. The topological polar surface area (TPSA) is 39.1 Å². The van der Waals surface area contributed by atoms with E-state index in [1.54, 1.807) is 13.3 Å². The highest BCUT2D eigenvalue weighted by molar-refractivity contribution is 5.27. The fourth-order valence-electron chi connectivity index (χ4n) is 1.22. The van der Waals surface area contributed by atoms with Gasteiger partial charge in [0.1, 0.15) is 0 Å². The van der Waals surface area contributed by atoms with Crippen LogP contribution in [-0.4, -0.2) is 29.3 Å². The zero-order valence-corrected chi connectivity index (χ0v) is 8.45. The molecule has 0 saturated carbocycles. The molecular weight excluding hydrogens is 166 g/mol. The number of imidazole rings is 1. The molecule has 1 aromatic rings. The monoisotopic (exact) mass is 183 g/mol. The van der Waals surface area contributed by atoms with Gasteiger partial charge in [-0.2, -0.15) is 0 Å². The number of hydrogen-bond acceptors (Lipinski definition) is 3. The van der Waals surface area contributed by atoms with E-state index in [0.29, 0.717) is 6.61 Å². The Hall–Kier alpha value is -1.03. The maximum atomic E-state index is 5.03. The molecule has 0 aliphatic rings. The minimum Gasteiger partial charge on any atom is -0.383 e. The number of nitrogens with zero attached hydrogens (tertiary/aromatic N) is 2. The lowest BCUT2D eigenvalue weighted by molar-refractivity contribution is 0.190. The Balaban J connectivity index is 2.52. The van der Waals surface area contributed by atoms with E-state index in [9.17, 15) is 0 Å². The first-order valence-corrected chi connectivity index (χ1v) is 4.54. The summed E-state index contributed by atoms with van der Waals surface area (Å²) in [7, 11) is 1.70. The Bertz CT molecular complexity index is 247. The van der Waals surface area contributed by atoms with Crippen LogP contribution in [0.25, 0.3) is 0 Å². The van der Waals surface area contributed by atoms with Crippen LogP contribution >= 0.6 is 0 Å². The van der Waals surface area contributed by atoms with Gasteiger partial charge in [0.05, 0.1) is 6.61 Å². The van der Waals surface area contributed by atoms with Crippen LogP contribution in [0.4, 0.5) is 5.95 Å². The van der Waals surface area contributed by atoms with Crippen molar-refractivity contribution in [3.05, 3.63) is 12.4 Å². The van der Waals surface area contributed by atoms with Gasteiger partial charge in [-0.15, -0.1) is 0 Å². The largest absolute Gasteiger partial charge is 0.383 e. The summed E-state index contributed by atoms with van der Waals surface area (Å²) in [6.45, 7) is 5.78. The van der Waals surface area contributed by atoms with E-state index in [1.165, 1.54) is 0 Å². The molecular formula is C9H17N3O. The molecule has 0 fully saturated rings. The van der Waals surface area contributed by atoms with Crippen LogP contribution in [0.3, 0.4) is 0 Å². The van der Waals surface area contributed by atoms with Gasteiger partial charge in [-0.25, -0.2) is 4.98 Å². The van der Waals surface area contributed by atoms with Crippen LogP contribution in [0.2, 0.25) is 0 Å². The number of aromatic nitrogens is 2. The van der Waals surface area contributed by atoms with E-state index in [0.717, 1.165) is 12.5 Å². The summed E-state index contributed by atoms with van der Waals surface area (Å²) in [5.41, 5.74) is 0. The van der Waals surface area contributed by atoms with E-state index in [1.807, 2.05) is 6.20 Å². The van der Waals surface area contributed by atoms with Gasteiger partial charge >= 0.3 is 0 Å². The zero-order valence-electron chi connectivity index (χ0n) is 8.45. The summed E-state index contributed by atoms with van der Waals surface area (Å²) >= 11 is 0. The molecule has 1 unspecified atom stereocenters. The van der Waals surface area contributed by atoms with E-state index >= 15 is 0 Å². The van der Waals surface area contributed by atoms with Gasteiger partial charge < -0.3 is 14.6 Å². The minimum atomic E-state index is 0.290. The van der Waals surface area contributed by atoms with E-state index in [-0.39, 0.29) is 6.04 Å². The number of ether oxygens (including phenoxy) is 1. The van der Waals surface area contributed by atoms with Gasteiger partial charge in [-0.1, -0.05) is 0 Å². The Kier molecular flexibility index (Phi) is 3.76. The summed E-state index contributed by atoms with van der Waals surface area (Å²) in [4.78, 5) is 4.21. The Morgan fingerprint density at radius 1 is 1.69 bits per heavy atom. The smallest absolute Gasteiger partial charge is 0.203 e. The summed E-state index contributed by atoms with van der Waals surface area (Å²) in [5, 5.41) is 3.27. The van der Waals surface area contributed by atoms with E-state index in [2.05, 4.69) is 28.7 Å². The van der Waals surface area contributed by atoms with Gasteiger partial charge in [-0.05, 0) is 13.8 Å². The number of aryl methyl sites for hydroxylation is 1. The predicted octanol–water partition coefficient (Wildman–Crippen LogP) is 1.35. The molecule has 0 spiro atoms. The van der Waals surface area contributed by atoms with Crippen molar-refractivity contribution in [1.82, 2.24) is 9.55 Å². The highest BCUT2D eigenvalue weighted by Gasteiger charge is 2.04. The maximum absolute atomic E-state index is 5.03. The quantitative estimate of drug-likeness (QED) is 0.749. The molecule has 1 heterocycles. The molecule has 1 atom stereocenters. The average molecular weight is 183 g/mol. The standard InChI is InChI=1S/C9H17N3O/c1-4-12-6-5-10-9(12)11-8(2)7-13-3/h5-6,8H,4,7H2,1-3H3,(H,10,11). The van der Waals surface area contributed by atoms with Gasteiger partial charge in [0.25, 0.3) is 0 Å². The molecule has 0 aliphatic carbocycles. The second-order valence-electron chi connectivity index (χ2n) is 3.04. The summed E-state index contributed by atoms with van der Waals surface area (Å²) in [6, 6.07) is 0.290. The molecule has 1 aromatic heterocycles. The zero-order chi connectivity index (χ0) is 9.68. The summed E-state index contributed by atoms with van der Waals surface area (Å²) < 4.78 is 7.09. The Morgan fingerprint density at radius 3 is 3.08 bits per heavy atom. The number of methoxy groups -OCH3 is 1. The molecule has 0 radical (unpaired) electrons. The third-order valence-corrected chi connectivity index (χ3v) is 1.85. The molecule has 74 valence electrons. The van der Waals surface area contributed by atoms with Crippen LogP contribution in [0.1, 0.15) is 13.8 Å². The summed E-state index contributed by atoms with van der Waals surface area (Å²) in [6.07, 6.45) is 3.76. The molecule has 0 saturated heterocycles. The molecule has 0 aromatic carbocycles. The van der Waals surface area contributed by atoms with Gasteiger partial charge in [0.15, 0.2) is 0 Å². The Labute approximate surface area is 78.9 Å². The second kappa shape index (κ2) is 4.87. The van der Waals surface area contributed by atoms with Crippen molar-refractivity contribution in [2.45, 2.75) is 26.4 Å². The normalized spacial score (nSPS) is 12.8. The number of anilines is 1. The molecule has 13 heavy (non-hydrogen) atoms. The van der Waals surface area contributed by atoms with Gasteiger partial charge in [0, 0.05) is 32.1 Å². The van der Waals surface area contributed by atoms with Crippen LogP contribution in [0.5, 0.6) is 0 Å². The highest BCUT2D eigenvalue weighted by atomic mass is 16.5. The lowest BCUT2D eigenvalue weighted by atomic mass is 10.4. The van der Waals surface area contributed by atoms with Gasteiger partial charge in [0.2, 0.25) is 5.95 Å². The van der Waals surface area contributed by atoms with Crippen molar-refractivity contribution in [2.75, 3.05) is 19.0 Å². The summed E-state index contributed by atoms with van der Waals surface area (Å²) in [5.74, 6) is 0.909. The fraction of sp³-hybridized carbons (Fsp3) is 0.667. The van der Waals surface area contributed by atoms with Crippen molar-refractivity contribution >= 4 is 5.95 Å². The van der Waals surface area contributed by atoms with Gasteiger partial charge in [-0.3, -0.25) is 0 Å². The fourth-order valence-corrected chi connectivity index (χ4v) is 1.22. The van der Waals surface area contributed by atoms with Crippen molar-refractivity contribution in [3.8, 4) is 0 Å². The maximum Gasteiger partial charge on any atom is 0.203 e. The average Bonchev–Trinajstić information content (AvgIpc) is 2.52. The highest BCUT2D eigenvalue weighted by Crippen LogP contribution is 2.05. The van der Waals surface area contributed by atoms with Crippen molar-refractivity contribution in [1.29, 1.82) is 0 Å². The molecule has 4 nitrogen and oxygen atoms in total. The van der Waals surface area contributed by atoms with Crippen LogP contribution < -0.4 is 5.32 Å². The molecule has 1 N–H and O–H groups in total. The van der Waals surface area contributed by atoms with E-state index in [4.69, 9.17) is 4.74 Å². The molecule has 4 heteroatoms. The lowest BCUT2D eigenvalue weighted by Gasteiger charge is -2.14. The Morgan fingerprint density at radius 2 is 2.46 bits per heavy atom. The van der Waals surface area contributed by atoms with Crippen LogP contribution in [0.15, 0.2) is 12.4 Å². The van der Waals surface area contributed by atoms with Crippen molar-refractivity contribution in [3.63, 3.8) is 0 Å². The molecule has 1 rings (SSSR count). The second-order valence-corrected chi connectivity index (χ2v) is 3.04. The predicted molar refractivity (Wildman–Crippen MR) is 52.9 cm³/mol. The molecule has 0 bridgehead atoms. The molecule has 0 amide bonds. The molecule has 0 aliphatic heterocycles. The number of nitrogens with one attached hydrogen (secondary N) is 1. The third kappa shape index (κ3) is 2.73. The van der Waals surface area contributed by atoms with E-state index < -0.39 is 0 Å². The van der Waals surface area contributed by atoms with Crippen molar-refractivity contribution < 1.29 is 4.74 Å². The third-order valence-electron chi connectivity index (χ3n) is 1.85.